The Kier molecular flexibility index (Phi) is 1.23. The molecule has 0 aromatic heterocycles. The van der Waals surface area contributed by atoms with Crippen LogP contribution in [0.5, 0.6) is 0 Å². The summed E-state index contributed by atoms with van der Waals surface area (Å²) in [6.07, 6.45) is 2.91. The van der Waals surface area contributed by atoms with Gasteiger partial charge in [-0.1, -0.05) is 6.92 Å². The van der Waals surface area contributed by atoms with Crippen LogP contribution in [0.2, 0.25) is 0 Å². The number of Topliss-reactive ketones (excluding diaryl/α,β-unsaturated/α-hetero) is 2. The number of ketones is 2. The maximum atomic E-state index is 11.4. The summed E-state index contributed by atoms with van der Waals surface area (Å²) in [7, 11) is 0. The molecule has 0 aromatic carbocycles. The van der Waals surface area contributed by atoms with Gasteiger partial charge >= 0.3 is 0 Å². The molecule has 0 radical (unpaired) electrons. The quantitative estimate of drug-likeness (QED) is 0.524. The second-order valence-electron chi connectivity index (χ2n) is 4.07. The van der Waals surface area contributed by atoms with Crippen molar-refractivity contribution in [1.29, 1.82) is 0 Å². The molecule has 3 rings (SSSR count). The van der Waals surface area contributed by atoms with E-state index in [0.717, 1.165) is 12.8 Å². The minimum atomic E-state index is -0.272. The van der Waals surface area contributed by atoms with Gasteiger partial charge in [-0.3, -0.25) is 9.59 Å². The second kappa shape index (κ2) is 1.93. The predicted octanol–water partition coefficient (Wildman–Crippen LogP) is 1.33. The van der Waals surface area contributed by atoms with Gasteiger partial charge in [0.15, 0.2) is 0 Å². The minimum Gasteiger partial charge on any atom is -0.299 e. The zero-order valence-corrected chi connectivity index (χ0v) is 6.72. The van der Waals surface area contributed by atoms with E-state index in [1.807, 2.05) is 6.92 Å². The maximum absolute atomic E-state index is 11.4. The van der Waals surface area contributed by atoms with Crippen LogP contribution in [0, 0.1) is 11.3 Å². The zero-order valence-electron chi connectivity index (χ0n) is 6.72. The Hall–Kier alpha value is -0.660. The molecule has 2 bridgehead atoms. The Balaban J connectivity index is 2.33. The summed E-state index contributed by atoms with van der Waals surface area (Å²) in [6, 6.07) is 0. The van der Waals surface area contributed by atoms with Gasteiger partial charge in [-0.2, -0.15) is 0 Å². The molecule has 3 saturated carbocycles. The Morgan fingerprint density at radius 3 is 2.55 bits per heavy atom. The van der Waals surface area contributed by atoms with E-state index in [0.29, 0.717) is 24.4 Å². The smallest absolute Gasteiger partial charge is 0.139 e. The predicted molar refractivity (Wildman–Crippen MR) is 40.1 cm³/mol. The van der Waals surface area contributed by atoms with Gasteiger partial charge in [0.25, 0.3) is 0 Å². The van der Waals surface area contributed by atoms with Gasteiger partial charge in [0.1, 0.15) is 11.6 Å². The van der Waals surface area contributed by atoms with E-state index in [-0.39, 0.29) is 11.3 Å². The molecule has 3 fully saturated rings. The first-order valence-corrected chi connectivity index (χ1v) is 4.18. The van der Waals surface area contributed by atoms with E-state index in [1.165, 1.54) is 0 Å². The largest absolute Gasteiger partial charge is 0.299 e. The Morgan fingerprint density at radius 1 is 1.45 bits per heavy atom. The van der Waals surface area contributed by atoms with Crippen LogP contribution >= 0.6 is 0 Å². The highest BCUT2D eigenvalue weighted by Crippen LogP contribution is 2.45. The van der Waals surface area contributed by atoms with Gasteiger partial charge in [-0.25, -0.2) is 0 Å². The van der Waals surface area contributed by atoms with Crippen LogP contribution in [-0.4, -0.2) is 11.6 Å². The monoisotopic (exact) mass is 152 g/mol. The Bertz CT molecular complexity index is 232. The van der Waals surface area contributed by atoms with Crippen LogP contribution in [-0.2, 0) is 9.59 Å². The van der Waals surface area contributed by atoms with Gasteiger partial charge in [-0.15, -0.1) is 0 Å². The third-order valence-corrected chi connectivity index (χ3v) is 3.17. The summed E-state index contributed by atoms with van der Waals surface area (Å²) < 4.78 is 0. The van der Waals surface area contributed by atoms with E-state index in [2.05, 4.69) is 0 Å². The molecule has 0 N–H and O–H groups in total. The number of rotatable bonds is 0. The number of carbonyl (C=O) groups excluding carboxylic acids is 2. The first-order valence-electron chi connectivity index (χ1n) is 4.18. The van der Waals surface area contributed by atoms with Crippen molar-refractivity contribution in [2.75, 3.05) is 0 Å². The number of hydrogen-bond donors (Lipinski definition) is 0. The van der Waals surface area contributed by atoms with Crippen molar-refractivity contribution in [2.45, 2.75) is 32.6 Å². The van der Waals surface area contributed by atoms with Gasteiger partial charge in [-0.05, 0) is 12.8 Å². The molecular formula is C9H12O2. The summed E-state index contributed by atoms with van der Waals surface area (Å²) >= 11 is 0. The molecule has 0 heterocycles. The first kappa shape index (κ1) is 7.01. The van der Waals surface area contributed by atoms with Gasteiger partial charge in [0, 0.05) is 24.2 Å². The van der Waals surface area contributed by atoms with Crippen molar-refractivity contribution in [3.63, 3.8) is 0 Å². The van der Waals surface area contributed by atoms with Crippen LogP contribution in [0.25, 0.3) is 0 Å². The molecule has 0 saturated heterocycles. The van der Waals surface area contributed by atoms with Crippen molar-refractivity contribution >= 4 is 11.6 Å². The maximum Gasteiger partial charge on any atom is 0.139 e. The molecule has 11 heavy (non-hydrogen) atoms. The molecule has 0 spiro atoms. The third kappa shape index (κ3) is 0.849. The van der Waals surface area contributed by atoms with Crippen LogP contribution in [0.15, 0.2) is 0 Å². The van der Waals surface area contributed by atoms with E-state index in [9.17, 15) is 9.59 Å². The van der Waals surface area contributed by atoms with Crippen molar-refractivity contribution in [2.24, 2.45) is 11.3 Å². The van der Waals surface area contributed by atoms with Crippen molar-refractivity contribution in [3.05, 3.63) is 0 Å². The summed E-state index contributed by atoms with van der Waals surface area (Å²) in [6.45, 7) is 1.93. The summed E-state index contributed by atoms with van der Waals surface area (Å²) in [5.74, 6) is 0.719. The van der Waals surface area contributed by atoms with Gasteiger partial charge in [0.2, 0.25) is 0 Å². The third-order valence-electron chi connectivity index (χ3n) is 3.17. The van der Waals surface area contributed by atoms with E-state index in [4.69, 9.17) is 0 Å². The zero-order chi connectivity index (χ0) is 8.06. The average Bonchev–Trinajstić information content (AvgIpc) is 1.92. The summed E-state index contributed by atoms with van der Waals surface area (Å²) in [4.78, 5) is 22.6. The number of hydrogen-bond acceptors (Lipinski definition) is 2. The number of fused-ring (bicyclic) bond motifs is 3. The number of carbonyl (C=O) groups is 2. The lowest BCUT2D eigenvalue weighted by molar-refractivity contribution is -0.147. The lowest BCUT2D eigenvalue weighted by Crippen LogP contribution is -2.45. The standard InChI is InChI=1S/C9H12O2/c1-9-3-2-6(4-8(9)11)7(10)5-9/h6H,2-5H2,1H3/t6-,9-/m0/s1. The fraction of sp³-hybridized carbons (Fsp3) is 0.778. The fourth-order valence-electron chi connectivity index (χ4n) is 2.20. The van der Waals surface area contributed by atoms with Crippen molar-refractivity contribution in [3.8, 4) is 0 Å². The highest BCUT2D eigenvalue weighted by molar-refractivity contribution is 5.99. The minimum absolute atomic E-state index is 0.0873. The molecule has 60 valence electrons. The van der Waals surface area contributed by atoms with E-state index >= 15 is 0 Å². The molecule has 2 nitrogen and oxygen atoms in total. The highest BCUT2D eigenvalue weighted by atomic mass is 16.1. The SMILES string of the molecule is C[C@@]12CC[C@@H](CC1=O)C(=O)C2. The van der Waals surface area contributed by atoms with E-state index < -0.39 is 0 Å². The Morgan fingerprint density at radius 2 is 2.18 bits per heavy atom. The van der Waals surface area contributed by atoms with Crippen LogP contribution < -0.4 is 0 Å². The molecule has 0 amide bonds. The Labute approximate surface area is 66.0 Å². The molecular weight excluding hydrogens is 140 g/mol. The molecule has 0 aliphatic heterocycles. The lowest BCUT2D eigenvalue weighted by Gasteiger charge is -2.41. The molecule has 3 aliphatic carbocycles. The normalized spacial score (nSPS) is 43.2. The summed E-state index contributed by atoms with van der Waals surface area (Å²) in [5, 5.41) is 0. The van der Waals surface area contributed by atoms with E-state index in [1.54, 1.807) is 0 Å². The first-order chi connectivity index (χ1) is 5.12. The molecule has 2 atom stereocenters. The summed E-state index contributed by atoms with van der Waals surface area (Å²) in [5.41, 5.74) is -0.272. The highest BCUT2D eigenvalue weighted by Gasteiger charge is 2.47. The second-order valence-corrected chi connectivity index (χ2v) is 4.07. The van der Waals surface area contributed by atoms with Gasteiger partial charge in [0.05, 0.1) is 0 Å². The molecule has 3 aliphatic rings. The lowest BCUT2D eigenvalue weighted by atomic mass is 9.60. The van der Waals surface area contributed by atoms with Crippen molar-refractivity contribution in [1.82, 2.24) is 0 Å². The average molecular weight is 152 g/mol. The van der Waals surface area contributed by atoms with Crippen LogP contribution in [0.1, 0.15) is 32.6 Å². The van der Waals surface area contributed by atoms with Crippen LogP contribution in [0.3, 0.4) is 0 Å². The van der Waals surface area contributed by atoms with Crippen molar-refractivity contribution < 1.29 is 9.59 Å². The molecule has 0 unspecified atom stereocenters. The van der Waals surface area contributed by atoms with Crippen LogP contribution in [0.4, 0.5) is 0 Å². The topological polar surface area (TPSA) is 34.1 Å². The van der Waals surface area contributed by atoms with Gasteiger partial charge < -0.3 is 0 Å². The molecule has 2 heteroatoms. The fourth-order valence-corrected chi connectivity index (χ4v) is 2.20. The molecule has 0 aromatic rings.